The molecular formula is C28H30F3N9O3. The number of aromatic nitrogens is 6. The number of nitrogens with two attached hydrogens (primary N) is 1. The quantitative estimate of drug-likeness (QED) is 0.104. The van der Waals surface area contributed by atoms with Crippen LogP contribution in [0, 0.1) is 0 Å². The molecule has 2 aromatic carbocycles. The van der Waals surface area contributed by atoms with Gasteiger partial charge in [0.2, 0.25) is 0 Å². The molecule has 0 radical (unpaired) electrons. The van der Waals surface area contributed by atoms with Gasteiger partial charge in [-0.1, -0.05) is 0 Å². The van der Waals surface area contributed by atoms with E-state index in [1.807, 2.05) is 12.1 Å². The molecule has 15 heteroatoms. The number of benzene rings is 2. The third-order valence-electron chi connectivity index (χ3n) is 6.23. The monoisotopic (exact) mass is 597 g/mol. The first-order valence-electron chi connectivity index (χ1n) is 13.5. The fourth-order valence-corrected chi connectivity index (χ4v) is 4.37. The van der Waals surface area contributed by atoms with Gasteiger partial charge in [0.15, 0.2) is 5.75 Å². The lowest BCUT2D eigenvalue weighted by atomic mass is 10.0. The van der Waals surface area contributed by atoms with Crippen LogP contribution in [0.5, 0.6) is 17.2 Å². The number of nitrogens with zero attached hydrogens (tertiary/aromatic N) is 4. The first-order valence-corrected chi connectivity index (χ1v) is 13.5. The standard InChI is InChI=1S/C28H30F3N9O3/c29-28(30,31)43-22-8-18(7-21(12-22)42-23-15-35-36-16-23)13-33-3-1-2-5-41-6-4-34-25-9-19(10-26-24(25)17-38-39-26)20-11-27(32)40-37-14-20/h7-12,14-17,33-34H,1-6,13H2,(H2,32,40)(H,35,36)(H,38,39). The van der Waals surface area contributed by atoms with Crippen molar-refractivity contribution in [1.82, 2.24) is 35.9 Å². The Balaban J connectivity index is 1.02. The number of halogens is 3. The predicted molar refractivity (Wildman–Crippen MR) is 154 cm³/mol. The fraction of sp³-hybridized carbons (Fsp3) is 0.286. The largest absolute Gasteiger partial charge is 0.573 e. The summed E-state index contributed by atoms with van der Waals surface area (Å²) >= 11 is 0. The minimum atomic E-state index is -4.81. The SMILES string of the molecule is Nc1cc(-c2cc(NCCOCCCCNCc3cc(Oc4cn[nH]c4)cc(OC(F)(F)F)c3)c3cn[nH]c3c2)cnn1. The lowest BCUT2D eigenvalue weighted by Crippen LogP contribution is -2.18. The molecule has 0 spiro atoms. The van der Waals surface area contributed by atoms with E-state index in [0.717, 1.165) is 40.6 Å². The minimum Gasteiger partial charge on any atom is -0.454 e. The summed E-state index contributed by atoms with van der Waals surface area (Å²) < 4.78 is 53.8. The average molecular weight is 598 g/mol. The predicted octanol–water partition coefficient (Wildman–Crippen LogP) is 5.01. The number of H-pyrrole nitrogens is 2. The van der Waals surface area contributed by atoms with Crippen molar-refractivity contribution in [2.75, 3.05) is 37.4 Å². The third-order valence-corrected chi connectivity index (χ3v) is 6.23. The van der Waals surface area contributed by atoms with Crippen LogP contribution >= 0.6 is 0 Å². The zero-order valence-electron chi connectivity index (χ0n) is 22.9. The van der Waals surface area contributed by atoms with Gasteiger partial charge in [-0.3, -0.25) is 10.2 Å². The number of hydrogen-bond acceptors (Lipinski definition) is 10. The summed E-state index contributed by atoms with van der Waals surface area (Å²) in [4.78, 5) is 0. The van der Waals surface area contributed by atoms with Crippen molar-refractivity contribution in [3.63, 3.8) is 0 Å². The van der Waals surface area contributed by atoms with Gasteiger partial charge < -0.3 is 30.6 Å². The Kier molecular flexibility index (Phi) is 9.53. The van der Waals surface area contributed by atoms with Crippen molar-refractivity contribution >= 4 is 22.4 Å². The molecule has 5 aromatic rings. The van der Waals surface area contributed by atoms with Gasteiger partial charge in [-0.15, -0.1) is 18.3 Å². The van der Waals surface area contributed by atoms with Gasteiger partial charge >= 0.3 is 6.36 Å². The van der Waals surface area contributed by atoms with E-state index in [1.54, 1.807) is 24.5 Å². The van der Waals surface area contributed by atoms with E-state index in [9.17, 15) is 13.2 Å². The Morgan fingerprint density at radius 3 is 2.56 bits per heavy atom. The van der Waals surface area contributed by atoms with Crippen molar-refractivity contribution in [3.05, 3.63) is 66.7 Å². The number of rotatable bonds is 15. The summed E-state index contributed by atoms with van der Waals surface area (Å²) in [6, 6.07) is 9.91. The van der Waals surface area contributed by atoms with Crippen LogP contribution in [-0.2, 0) is 11.3 Å². The molecule has 0 amide bonds. The Morgan fingerprint density at radius 1 is 0.860 bits per heavy atom. The molecule has 0 aliphatic rings. The smallest absolute Gasteiger partial charge is 0.454 e. The topological polar surface area (TPSA) is 161 Å². The van der Waals surface area contributed by atoms with E-state index in [0.29, 0.717) is 50.0 Å². The van der Waals surface area contributed by atoms with Crippen LogP contribution in [0.1, 0.15) is 18.4 Å². The van der Waals surface area contributed by atoms with Gasteiger partial charge in [-0.2, -0.15) is 15.3 Å². The molecule has 3 aromatic heterocycles. The Morgan fingerprint density at radius 2 is 1.74 bits per heavy atom. The molecule has 0 aliphatic carbocycles. The maximum atomic E-state index is 12.8. The molecule has 0 saturated heterocycles. The number of anilines is 2. The van der Waals surface area contributed by atoms with E-state index < -0.39 is 6.36 Å². The molecule has 6 N–H and O–H groups in total. The van der Waals surface area contributed by atoms with Crippen LogP contribution in [0.3, 0.4) is 0 Å². The summed E-state index contributed by atoms with van der Waals surface area (Å²) in [5.74, 6) is 0.567. The van der Waals surface area contributed by atoms with E-state index in [4.69, 9.17) is 15.2 Å². The molecule has 0 aliphatic heterocycles. The number of unbranched alkanes of at least 4 members (excludes halogenated alkanes) is 1. The van der Waals surface area contributed by atoms with Crippen LogP contribution in [0.25, 0.3) is 22.0 Å². The summed E-state index contributed by atoms with van der Waals surface area (Å²) in [5, 5.41) is 28.8. The Labute approximate surface area is 244 Å². The highest BCUT2D eigenvalue weighted by atomic mass is 19.4. The lowest BCUT2D eigenvalue weighted by Gasteiger charge is -2.13. The van der Waals surface area contributed by atoms with Gasteiger partial charge in [0.25, 0.3) is 0 Å². The summed E-state index contributed by atoms with van der Waals surface area (Å²) in [7, 11) is 0. The lowest BCUT2D eigenvalue weighted by molar-refractivity contribution is -0.274. The minimum absolute atomic E-state index is 0.210. The molecule has 12 nitrogen and oxygen atoms in total. The fourth-order valence-electron chi connectivity index (χ4n) is 4.37. The van der Waals surface area contributed by atoms with Gasteiger partial charge in [-0.05, 0) is 60.8 Å². The molecule has 0 fully saturated rings. The molecule has 43 heavy (non-hydrogen) atoms. The van der Waals surface area contributed by atoms with Gasteiger partial charge in [0.05, 0.1) is 36.9 Å². The Hall–Kier alpha value is -4.89. The number of nitrogen functional groups attached to an aromatic ring is 1. The number of ether oxygens (including phenoxy) is 3. The number of fused-ring (bicyclic) bond motifs is 1. The summed E-state index contributed by atoms with van der Waals surface area (Å²) in [6.45, 7) is 2.67. The third kappa shape index (κ3) is 8.80. The van der Waals surface area contributed by atoms with Crippen LogP contribution in [0.2, 0.25) is 0 Å². The van der Waals surface area contributed by atoms with Gasteiger partial charge in [0, 0.05) is 42.4 Å². The molecule has 3 heterocycles. The van der Waals surface area contributed by atoms with E-state index >= 15 is 0 Å². The van der Waals surface area contributed by atoms with Crippen molar-refractivity contribution in [2.24, 2.45) is 0 Å². The maximum Gasteiger partial charge on any atom is 0.573 e. The first kappa shape index (κ1) is 29.6. The van der Waals surface area contributed by atoms with Crippen LogP contribution in [0.4, 0.5) is 24.7 Å². The maximum absolute atomic E-state index is 12.8. The van der Waals surface area contributed by atoms with E-state index in [-0.39, 0.29) is 11.5 Å². The van der Waals surface area contributed by atoms with Crippen LogP contribution in [-0.4, -0.2) is 63.3 Å². The number of nitrogens with one attached hydrogen (secondary N) is 4. The first-order chi connectivity index (χ1) is 20.8. The van der Waals surface area contributed by atoms with Crippen molar-refractivity contribution in [3.8, 4) is 28.4 Å². The Bertz CT molecular complexity index is 1610. The highest BCUT2D eigenvalue weighted by molar-refractivity contribution is 5.95. The molecule has 0 saturated carbocycles. The van der Waals surface area contributed by atoms with Gasteiger partial charge in [-0.25, -0.2) is 0 Å². The summed E-state index contributed by atoms with van der Waals surface area (Å²) in [6.07, 6.45) is 3.16. The zero-order valence-corrected chi connectivity index (χ0v) is 22.9. The molecule has 0 unspecified atom stereocenters. The molecule has 0 bridgehead atoms. The molecule has 5 rings (SSSR count). The van der Waals surface area contributed by atoms with Gasteiger partial charge in [0.1, 0.15) is 17.3 Å². The van der Waals surface area contributed by atoms with Crippen molar-refractivity contribution in [2.45, 2.75) is 25.7 Å². The summed E-state index contributed by atoms with van der Waals surface area (Å²) in [5.41, 5.74) is 9.94. The second-order valence-electron chi connectivity index (χ2n) is 9.54. The zero-order chi connectivity index (χ0) is 30.1. The van der Waals surface area contributed by atoms with E-state index in [1.165, 1.54) is 24.5 Å². The molecule has 0 atom stereocenters. The van der Waals surface area contributed by atoms with Crippen molar-refractivity contribution in [1.29, 1.82) is 0 Å². The van der Waals surface area contributed by atoms with E-state index in [2.05, 4.69) is 46.0 Å². The highest BCUT2D eigenvalue weighted by Gasteiger charge is 2.31. The number of aromatic amines is 2. The average Bonchev–Trinajstić information content (AvgIpc) is 3.65. The number of alkyl halides is 3. The number of hydrogen-bond donors (Lipinski definition) is 5. The van der Waals surface area contributed by atoms with Crippen LogP contribution in [0.15, 0.2) is 61.2 Å². The molecular weight excluding hydrogens is 567 g/mol. The highest BCUT2D eigenvalue weighted by Crippen LogP contribution is 2.31. The van der Waals surface area contributed by atoms with Crippen LogP contribution < -0.4 is 25.8 Å². The molecule has 226 valence electrons. The normalized spacial score (nSPS) is 11.6. The second kappa shape index (κ2) is 13.8. The second-order valence-corrected chi connectivity index (χ2v) is 9.54. The van der Waals surface area contributed by atoms with Crippen molar-refractivity contribution < 1.29 is 27.4 Å².